The van der Waals surface area contributed by atoms with Crippen LogP contribution >= 0.6 is 0 Å². The molecule has 1 atom stereocenters. The molecule has 21 heavy (non-hydrogen) atoms. The lowest BCUT2D eigenvalue weighted by Gasteiger charge is -2.39. The first kappa shape index (κ1) is 15.6. The summed E-state index contributed by atoms with van der Waals surface area (Å²) >= 11 is 0. The fourth-order valence-corrected chi connectivity index (χ4v) is 2.15. The van der Waals surface area contributed by atoms with Crippen LogP contribution in [0.25, 0.3) is 0 Å². The number of benzene rings is 1. The molecular formula is C14H17F3N2O2. The number of rotatable bonds is 3. The molecule has 0 spiro atoms. The van der Waals surface area contributed by atoms with E-state index in [0.717, 1.165) is 17.7 Å². The molecule has 0 bridgehead atoms. The Labute approximate surface area is 120 Å². The number of urea groups is 1. The second-order valence-corrected chi connectivity index (χ2v) is 5.26. The first-order chi connectivity index (χ1) is 9.77. The van der Waals surface area contributed by atoms with Crippen molar-refractivity contribution in [1.82, 2.24) is 10.2 Å². The Bertz CT molecular complexity index is 494. The van der Waals surface area contributed by atoms with Crippen LogP contribution in [0.5, 0.6) is 0 Å². The second-order valence-electron chi connectivity index (χ2n) is 5.26. The topological polar surface area (TPSA) is 52.6 Å². The highest BCUT2D eigenvalue weighted by Crippen LogP contribution is 2.32. The summed E-state index contributed by atoms with van der Waals surface area (Å²) in [6, 6.07) is 4.77. The fraction of sp³-hybridized carbons (Fsp3) is 0.500. The molecule has 2 amide bonds. The average Bonchev–Trinajstić information content (AvgIpc) is 2.34. The van der Waals surface area contributed by atoms with Crippen LogP contribution in [-0.4, -0.2) is 41.8 Å². The van der Waals surface area contributed by atoms with Crippen molar-refractivity contribution in [2.75, 3.05) is 19.6 Å². The van der Waals surface area contributed by atoms with E-state index in [0.29, 0.717) is 13.1 Å². The van der Waals surface area contributed by atoms with E-state index in [1.165, 1.54) is 12.1 Å². The number of aliphatic hydroxyl groups excluding tert-OH is 1. The van der Waals surface area contributed by atoms with Gasteiger partial charge in [-0.1, -0.05) is 12.1 Å². The maximum atomic E-state index is 12.5. The third-order valence-corrected chi connectivity index (χ3v) is 3.43. The van der Waals surface area contributed by atoms with Crippen molar-refractivity contribution in [2.24, 2.45) is 0 Å². The van der Waals surface area contributed by atoms with Crippen LogP contribution in [-0.2, 0) is 6.18 Å². The SMILES string of the molecule is C[C@@H](O)CNC(=O)N1CC(c2ccc(C(F)(F)F)cc2)C1. The van der Waals surface area contributed by atoms with Crippen LogP contribution in [0.2, 0.25) is 0 Å². The number of aliphatic hydroxyl groups is 1. The number of nitrogens with one attached hydrogen (secondary N) is 1. The van der Waals surface area contributed by atoms with Crippen molar-refractivity contribution in [2.45, 2.75) is 25.1 Å². The molecule has 1 fully saturated rings. The summed E-state index contributed by atoms with van der Waals surface area (Å²) in [5, 5.41) is 11.6. The maximum Gasteiger partial charge on any atom is 0.416 e. The summed E-state index contributed by atoms with van der Waals surface area (Å²) in [7, 11) is 0. The van der Waals surface area contributed by atoms with Crippen molar-refractivity contribution >= 4 is 6.03 Å². The Kier molecular flexibility index (Phi) is 4.41. The van der Waals surface area contributed by atoms with Gasteiger partial charge in [0, 0.05) is 25.6 Å². The normalized spacial score (nSPS) is 17.3. The Hall–Kier alpha value is -1.76. The van der Waals surface area contributed by atoms with Crippen LogP contribution in [0.4, 0.5) is 18.0 Å². The van der Waals surface area contributed by atoms with Crippen LogP contribution in [0.3, 0.4) is 0 Å². The van der Waals surface area contributed by atoms with E-state index < -0.39 is 17.8 Å². The number of hydrogen-bond acceptors (Lipinski definition) is 2. The van der Waals surface area contributed by atoms with E-state index in [1.54, 1.807) is 11.8 Å². The van der Waals surface area contributed by atoms with Crippen molar-refractivity contribution < 1.29 is 23.1 Å². The highest BCUT2D eigenvalue weighted by atomic mass is 19.4. The lowest BCUT2D eigenvalue weighted by molar-refractivity contribution is -0.137. The first-order valence-electron chi connectivity index (χ1n) is 6.65. The number of likely N-dealkylation sites (tertiary alicyclic amines) is 1. The minimum absolute atomic E-state index is 0.0598. The van der Waals surface area contributed by atoms with Gasteiger partial charge in [0.05, 0.1) is 11.7 Å². The minimum atomic E-state index is -4.33. The Balaban J connectivity index is 1.85. The van der Waals surface area contributed by atoms with Gasteiger partial charge in [-0.15, -0.1) is 0 Å². The van der Waals surface area contributed by atoms with Gasteiger partial charge in [0.25, 0.3) is 0 Å². The molecule has 1 aliphatic heterocycles. The van der Waals surface area contributed by atoms with Gasteiger partial charge in [0.1, 0.15) is 0 Å². The summed E-state index contributed by atoms with van der Waals surface area (Å²) in [5.41, 5.74) is 0.125. The van der Waals surface area contributed by atoms with Gasteiger partial charge in [0.15, 0.2) is 0 Å². The quantitative estimate of drug-likeness (QED) is 0.899. The van der Waals surface area contributed by atoms with Crippen molar-refractivity contribution in [3.8, 4) is 0 Å². The van der Waals surface area contributed by atoms with E-state index in [9.17, 15) is 18.0 Å². The van der Waals surface area contributed by atoms with E-state index in [4.69, 9.17) is 5.11 Å². The molecule has 1 aliphatic rings. The molecule has 0 aromatic heterocycles. The molecule has 2 N–H and O–H groups in total. The van der Waals surface area contributed by atoms with Crippen LogP contribution in [0.15, 0.2) is 24.3 Å². The number of hydrogen-bond donors (Lipinski definition) is 2. The highest BCUT2D eigenvalue weighted by molar-refractivity contribution is 5.75. The largest absolute Gasteiger partial charge is 0.416 e. The minimum Gasteiger partial charge on any atom is -0.392 e. The summed E-state index contributed by atoms with van der Waals surface area (Å²) in [6.07, 6.45) is -4.94. The average molecular weight is 302 g/mol. The molecular weight excluding hydrogens is 285 g/mol. The van der Waals surface area contributed by atoms with E-state index in [2.05, 4.69) is 5.32 Å². The predicted octanol–water partition coefficient (Wildman–Crippen LogP) is 2.20. The van der Waals surface area contributed by atoms with Gasteiger partial charge in [-0.3, -0.25) is 0 Å². The van der Waals surface area contributed by atoms with Gasteiger partial charge >= 0.3 is 12.2 Å². The number of amides is 2. The number of carbonyl (C=O) groups excluding carboxylic acids is 1. The zero-order chi connectivity index (χ0) is 15.6. The molecule has 2 rings (SSSR count). The van der Waals surface area contributed by atoms with Crippen LogP contribution in [0, 0.1) is 0 Å². The van der Waals surface area contributed by atoms with Crippen LogP contribution < -0.4 is 5.32 Å². The van der Waals surface area contributed by atoms with E-state index >= 15 is 0 Å². The van der Waals surface area contributed by atoms with E-state index in [-0.39, 0.29) is 18.5 Å². The molecule has 1 aromatic rings. The fourth-order valence-electron chi connectivity index (χ4n) is 2.15. The molecule has 4 nitrogen and oxygen atoms in total. The van der Waals surface area contributed by atoms with Gasteiger partial charge < -0.3 is 15.3 Å². The van der Waals surface area contributed by atoms with Crippen molar-refractivity contribution in [3.05, 3.63) is 35.4 Å². The first-order valence-corrected chi connectivity index (χ1v) is 6.65. The Morgan fingerprint density at radius 3 is 2.43 bits per heavy atom. The molecule has 0 saturated carbocycles. The van der Waals surface area contributed by atoms with Crippen molar-refractivity contribution in [1.29, 1.82) is 0 Å². The molecule has 116 valence electrons. The number of carbonyl (C=O) groups is 1. The van der Waals surface area contributed by atoms with Gasteiger partial charge in [-0.25, -0.2) is 4.79 Å². The van der Waals surface area contributed by atoms with Gasteiger partial charge in [-0.2, -0.15) is 13.2 Å². The standard InChI is InChI=1S/C14H17F3N2O2/c1-9(20)6-18-13(21)19-7-11(8-19)10-2-4-12(5-3-10)14(15,16)17/h2-5,9,11,20H,6-8H2,1H3,(H,18,21)/t9-/m1/s1. The lowest BCUT2D eigenvalue weighted by Crippen LogP contribution is -2.53. The molecule has 7 heteroatoms. The van der Waals surface area contributed by atoms with Crippen molar-refractivity contribution in [3.63, 3.8) is 0 Å². The molecule has 0 unspecified atom stereocenters. The summed E-state index contributed by atoms with van der Waals surface area (Å²) in [4.78, 5) is 13.2. The molecule has 0 aliphatic carbocycles. The molecule has 1 saturated heterocycles. The molecule has 1 heterocycles. The lowest BCUT2D eigenvalue weighted by atomic mass is 9.91. The smallest absolute Gasteiger partial charge is 0.392 e. The summed E-state index contributed by atoms with van der Waals surface area (Å²) in [6.45, 7) is 2.69. The van der Waals surface area contributed by atoms with E-state index in [1.807, 2.05) is 0 Å². The maximum absolute atomic E-state index is 12.5. The number of nitrogens with zero attached hydrogens (tertiary/aromatic N) is 1. The predicted molar refractivity (Wildman–Crippen MR) is 70.8 cm³/mol. The Morgan fingerprint density at radius 2 is 1.95 bits per heavy atom. The highest BCUT2D eigenvalue weighted by Gasteiger charge is 2.33. The summed E-state index contributed by atoms with van der Waals surface area (Å²) in [5.74, 6) is 0.0598. The molecule has 1 aromatic carbocycles. The number of alkyl halides is 3. The number of halogens is 3. The van der Waals surface area contributed by atoms with Gasteiger partial charge in [0.2, 0.25) is 0 Å². The molecule has 0 radical (unpaired) electrons. The van der Waals surface area contributed by atoms with Crippen LogP contribution in [0.1, 0.15) is 24.0 Å². The van der Waals surface area contributed by atoms with Gasteiger partial charge in [-0.05, 0) is 24.6 Å². The third kappa shape index (κ3) is 3.87. The zero-order valence-electron chi connectivity index (χ0n) is 11.5. The zero-order valence-corrected chi connectivity index (χ0v) is 11.5. The second kappa shape index (κ2) is 5.93. The Morgan fingerprint density at radius 1 is 1.38 bits per heavy atom. The summed E-state index contributed by atoms with van der Waals surface area (Å²) < 4.78 is 37.4. The third-order valence-electron chi connectivity index (χ3n) is 3.43. The monoisotopic (exact) mass is 302 g/mol.